The molecule has 0 saturated heterocycles. The summed E-state index contributed by atoms with van der Waals surface area (Å²) in [4.78, 5) is 36.4. The van der Waals surface area contributed by atoms with Crippen LogP contribution in [0.4, 0.5) is 17.5 Å². The van der Waals surface area contributed by atoms with Crippen LogP contribution in [0.1, 0.15) is 0 Å². The monoisotopic (exact) mass is 393 g/mol. The maximum absolute atomic E-state index is 11.9. The lowest BCUT2D eigenvalue weighted by atomic mass is 10.2. The van der Waals surface area contributed by atoms with Crippen molar-refractivity contribution in [2.75, 3.05) is 23.0 Å². The first-order valence-corrected chi connectivity index (χ1v) is 8.75. The SMILES string of the molecule is Nc1nc2c(c(=O)[nH]1)NC1=C(N2)OC(COP(=O)(O)O)C(S)=C1S. The minimum absolute atomic E-state index is 0.0918. The lowest BCUT2D eigenvalue weighted by Gasteiger charge is -2.32. The molecule has 3 heterocycles. The Labute approximate surface area is 145 Å². The summed E-state index contributed by atoms with van der Waals surface area (Å²) >= 11 is 8.54. The number of hydrogen-bond acceptors (Lipinski definition) is 10. The summed E-state index contributed by atoms with van der Waals surface area (Å²) in [5.41, 5.74) is 5.43. The first-order chi connectivity index (χ1) is 11.2. The van der Waals surface area contributed by atoms with E-state index >= 15 is 0 Å². The van der Waals surface area contributed by atoms with Crippen LogP contribution in [0, 0.1) is 0 Å². The van der Waals surface area contributed by atoms with Crippen molar-refractivity contribution >= 4 is 50.5 Å². The number of hydrogen-bond donors (Lipinski definition) is 8. The number of H-pyrrole nitrogens is 1. The highest BCUT2D eigenvalue weighted by Gasteiger charge is 2.34. The Kier molecular flexibility index (Phi) is 4.32. The molecule has 3 rings (SSSR count). The van der Waals surface area contributed by atoms with Crippen molar-refractivity contribution in [2.45, 2.75) is 6.10 Å². The lowest BCUT2D eigenvalue weighted by Crippen LogP contribution is -2.33. The van der Waals surface area contributed by atoms with E-state index in [1.54, 1.807) is 0 Å². The highest BCUT2D eigenvalue weighted by Crippen LogP contribution is 2.41. The standard InChI is InChI=1S/C10H12N5O6PS2/c11-10-14-7-4(8(16)15-10)12-3-6(24)5(23)2(21-9(3)13-7)1-20-22(17,18)19/h2,12,23-24H,1H2,(H2,17,18,19)(H4,11,13,14,15,16). The molecule has 1 aromatic rings. The second kappa shape index (κ2) is 6.02. The highest BCUT2D eigenvalue weighted by atomic mass is 32.1. The zero-order valence-corrected chi connectivity index (χ0v) is 14.4. The number of phosphoric ester groups is 1. The number of nitrogen functional groups attached to an aromatic ring is 1. The van der Waals surface area contributed by atoms with Crippen LogP contribution in [0.25, 0.3) is 0 Å². The van der Waals surface area contributed by atoms with E-state index in [1.807, 2.05) is 0 Å². The van der Waals surface area contributed by atoms with Gasteiger partial charge < -0.3 is 30.9 Å². The van der Waals surface area contributed by atoms with Crippen molar-refractivity contribution in [3.8, 4) is 0 Å². The minimum atomic E-state index is -4.67. The van der Waals surface area contributed by atoms with Crippen molar-refractivity contribution in [1.82, 2.24) is 9.97 Å². The summed E-state index contributed by atoms with van der Waals surface area (Å²) in [6, 6.07) is 0. The highest BCUT2D eigenvalue weighted by molar-refractivity contribution is 7.88. The average Bonchev–Trinajstić information content (AvgIpc) is 2.47. The van der Waals surface area contributed by atoms with Gasteiger partial charge >= 0.3 is 7.82 Å². The summed E-state index contributed by atoms with van der Waals surface area (Å²) in [5.74, 6) is 0.182. The van der Waals surface area contributed by atoms with E-state index in [2.05, 4.69) is 50.4 Å². The molecule has 1 aromatic heterocycles. The molecule has 14 heteroatoms. The molecular weight excluding hydrogens is 381 g/mol. The van der Waals surface area contributed by atoms with Gasteiger partial charge in [-0.2, -0.15) is 4.98 Å². The number of fused-ring (bicyclic) bond motifs is 1. The topological polar surface area (TPSA) is 172 Å². The fraction of sp³-hybridized carbons (Fsp3) is 0.200. The molecule has 0 fully saturated rings. The van der Waals surface area contributed by atoms with E-state index in [0.717, 1.165) is 0 Å². The molecule has 0 aromatic carbocycles. The number of anilines is 3. The van der Waals surface area contributed by atoms with E-state index < -0.39 is 26.1 Å². The van der Waals surface area contributed by atoms with Gasteiger partial charge in [0.05, 0.1) is 0 Å². The van der Waals surface area contributed by atoms with Gasteiger partial charge in [0.15, 0.2) is 11.9 Å². The van der Waals surface area contributed by atoms with Gasteiger partial charge in [0.2, 0.25) is 11.8 Å². The molecule has 1 unspecified atom stereocenters. The van der Waals surface area contributed by atoms with Crippen molar-refractivity contribution in [2.24, 2.45) is 0 Å². The fourth-order valence-electron chi connectivity index (χ4n) is 2.06. The smallest absolute Gasteiger partial charge is 0.466 e. The number of aromatic nitrogens is 2. The molecule has 24 heavy (non-hydrogen) atoms. The van der Waals surface area contributed by atoms with Crippen LogP contribution in [0.3, 0.4) is 0 Å². The van der Waals surface area contributed by atoms with Crippen LogP contribution in [0.2, 0.25) is 0 Å². The lowest BCUT2D eigenvalue weighted by molar-refractivity contribution is 0.0793. The van der Waals surface area contributed by atoms with Gasteiger partial charge in [-0.15, -0.1) is 25.3 Å². The van der Waals surface area contributed by atoms with Gasteiger partial charge in [-0.1, -0.05) is 0 Å². The molecule has 2 aliphatic rings. The van der Waals surface area contributed by atoms with Gasteiger partial charge in [0.1, 0.15) is 18.0 Å². The molecule has 2 aliphatic heterocycles. The van der Waals surface area contributed by atoms with Gasteiger partial charge in [-0.3, -0.25) is 14.3 Å². The van der Waals surface area contributed by atoms with Gasteiger partial charge in [0.25, 0.3) is 5.56 Å². The first-order valence-electron chi connectivity index (χ1n) is 6.33. The molecule has 0 radical (unpaired) electrons. The number of rotatable bonds is 3. The number of phosphoric acid groups is 1. The zero-order chi connectivity index (χ0) is 17.6. The molecule has 0 saturated carbocycles. The van der Waals surface area contributed by atoms with Gasteiger partial charge in [0, 0.05) is 9.81 Å². The summed E-state index contributed by atoms with van der Waals surface area (Å²) in [5, 5.41) is 5.60. The van der Waals surface area contributed by atoms with E-state index in [0.29, 0.717) is 10.6 Å². The Morgan fingerprint density at radius 2 is 2.08 bits per heavy atom. The molecule has 0 aliphatic carbocycles. The Morgan fingerprint density at radius 1 is 1.38 bits per heavy atom. The molecule has 0 spiro atoms. The fourth-order valence-corrected chi connectivity index (χ4v) is 2.93. The largest absolute Gasteiger partial charge is 0.469 e. The number of nitrogens with one attached hydrogen (secondary N) is 3. The van der Waals surface area contributed by atoms with E-state index in [9.17, 15) is 9.36 Å². The number of nitrogens with two attached hydrogens (primary N) is 1. The van der Waals surface area contributed by atoms with Gasteiger partial charge in [-0.25, -0.2) is 4.57 Å². The molecular formula is C10H12N5O6PS2. The third kappa shape index (κ3) is 3.27. The normalized spacial score (nSPS) is 19.9. The molecule has 0 bridgehead atoms. The summed E-state index contributed by atoms with van der Waals surface area (Å²) in [6.45, 7) is -0.455. The molecule has 1 atom stereocenters. The number of aromatic amines is 1. The van der Waals surface area contributed by atoms with Crippen LogP contribution >= 0.6 is 33.1 Å². The predicted octanol–water partition coefficient (Wildman–Crippen LogP) is -0.0621. The summed E-state index contributed by atoms with van der Waals surface area (Å²) in [6.07, 6.45) is -0.914. The van der Waals surface area contributed by atoms with Crippen LogP contribution in [0.5, 0.6) is 0 Å². The van der Waals surface area contributed by atoms with Crippen molar-refractivity contribution in [1.29, 1.82) is 0 Å². The van der Waals surface area contributed by atoms with Crippen LogP contribution in [-0.4, -0.2) is 32.5 Å². The quantitative estimate of drug-likeness (QED) is 0.257. The molecule has 7 N–H and O–H groups in total. The maximum atomic E-state index is 11.9. The van der Waals surface area contributed by atoms with Crippen molar-refractivity contribution in [3.63, 3.8) is 0 Å². The van der Waals surface area contributed by atoms with E-state index in [1.165, 1.54) is 0 Å². The predicted molar refractivity (Wildman–Crippen MR) is 91.4 cm³/mol. The summed E-state index contributed by atoms with van der Waals surface area (Å²) in [7, 11) is -4.67. The third-order valence-corrected chi connectivity index (χ3v) is 4.72. The second-order valence-corrected chi connectivity index (χ2v) is 6.92. The average molecular weight is 393 g/mol. The Balaban J connectivity index is 1.91. The van der Waals surface area contributed by atoms with Crippen molar-refractivity contribution in [3.05, 3.63) is 31.7 Å². The maximum Gasteiger partial charge on any atom is 0.469 e. The van der Waals surface area contributed by atoms with E-state index in [4.69, 9.17) is 20.3 Å². The second-order valence-electron chi connectivity index (χ2n) is 4.76. The van der Waals surface area contributed by atoms with Crippen LogP contribution < -0.4 is 21.9 Å². The Morgan fingerprint density at radius 3 is 2.75 bits per heavy atom. The Hall–Kier alpha value is -1.63. The van der Waals surface area contributed by atoms with Crippen LogP contribution in [0.15, 0.2) is 26.2 Å². The molecule has 11 nitrogen and oxygen atoms in total. The third-order valence-electron chi connectivity index (χ3n) is 3.09. The number of thiol groups is 2. The van der Waals surface area contributed by atoms with Crippen LogP contribution in [-0.2, 0) is 13.8 Å². The minimum Gasteiger partial charge on any atom is -0.466 e. The Bertz CT molecular complexity index is 877. The molecule has 130 valence electrons. The van der Waals surface area contributed by atoms with Gasteiger partial charge in [-0.05, 0) is 0 Å². The first kappa shape index (κ1) is 17.2. The van der Waals surface area contributed by atoms with Crippen molar-refractivity contribution < 1.29 is 23.6 Å². The summed E-state index contributed by atoms with van der Waals surface area (Å²) < 4.78 is 20.8. The number of ether oxygens (including phenoxy) is 1. The zero-order valence-electron chi connectivity index (χ0n) is 11.7. The van der Waals surface area contributed by atoms with E-state index in [-0.39, 0.29) is 28.2 Å². The molecule has 0 amide bonds. The number of nitrogens with zero attached hydrogens (tertiary/aromatic N) is 1.